The molecule has 1 N–H and O–H groups in total. The molecular formula is C21H24FN3O2. The summed E-state index contributed by atoms with van der Waals surface area (Å²) in [7, 11) is 0. The molecule has 0 aromatic heterocycles. The van der Waals surface area contributed by atoms with Crippen LogP contribution < -0.4 is 5.32 Å². The molecule has 6 heteroatoms. The van der Waals surface area contributed by atoms with Gasteiger partial charge in [-0.2, -0.15) is 0 Å². The van der Waals surface area contributed by atoms with E-state index in [1.807, 2.05) is 18.2 Å². The zero-order valence-corrected chi connectivity index (χ0v) is 15.4. The summed E-state index contributed by atoms with van der Waals surface area (Å²) in [5.74, 6) is -1.31. The molecule has 142 valence electrons. The Labute approximate surface area is 158 Å². The summed E-state index contributed by atoms with van der Waals surface area (Å²) in [6, 6.07) is 15.3. The molecule has 0 saturated carbocycles. The number of hydrogen-bond donors (Lipinski definition) is 1. The Morgan fingerprint density at radius 1 is 1.00 bits per heavy atom. The second-order valence-corrected chi connectivity index (χ2v) is 6.76. The van der Waals surface area contributed by atoms with Gasteiger partial charge in [-0.05, 0) is 24.6 Å². The smallest absolute Gasteiger partial charge is 0.254 e. The molecule has 1 atom stereocenters. The van der Waals surface area contributed by atoms with Crippen molar-refractivity contribution in [2.45, 2.75) is 19.5 Å². The van der Waals surface area contributed by atoms with E-state index < -0.39 is 17.8 Å². The van der Waals surface area contributed by atoms with Crippen molar-refractivity contribution in [1.29, 1.82) is 0 Å². The Kier molecular flexibility index (Phi) is 6.19. The normalized spacial score (nSPS) is 16.0. The molecule has 0 radical (unpaired) electrons. The number of amides is 2. The highest BCUT2D eigenvalue weighted by Gasteiger charge is 2.26. The van der Waals surface area contributed by atoms with E-state index in [2.05, 4.69) is 22.3 Å². The molecule has 27 heavy (non-hydrogen) atoms. The fourth-order valence-electron chi connectivity index (χ4n) is 3.22. The molecule has 1 heterocycles. The van der Waals surface area contributed by atoms with Crippen molar-refractivity contribution in [3.05, 3.63) is 71.5 Å². The lowest BCUT2D eigenvalue weighted by molar-refractivity contribution is -0.134. The van der Waals surface area contributed by atoms with Gasteiger partial charge in [-0.25, -0.2) is 4.39 Å². The first-order valence-electron chi connectivity index (χ1n) is 9.15. The van der Waals surface area contributed by atoms with Gasteiger partial charge in [-0.15, -0.1) is 0 Å². The van der Waals surface area contributed by atoms with Gasteiger partial charge in [-0.3, -0.25) is 14.5 Å². The number of piperazine rings is 1. The maximum Gasteiger partial charge on any atom is 0.254 e. The Bertz CT molecular complexity index is 789. The highest BCUT2D eigenvalue weighted by molar-refractivity contribution is 5.97. The van der Waals surface area contributed by atoms with Crippen LogP contribution in [0.5, 0.6) is 0 Å². The lowest BCUT2D eigenvalue weighted by Crippen LogP contribution is -2.54. The summed E-state index contributed by atoms with van der Waals surface area (Å²) >= 11 is 0. The van der Waals surface area contributed by atoms with E-state index >= 15 is 0 Å². The Balaban J connectivity index is 1.50. The standard InChI is InChI=1S/C21H24FN3O2/c1-16(23-20(26)18-9-5-6-10-19(18)22)21(27)25-13-11-24(12-14-25)15-17-7-3-2-4-8-17/h2-10,16H,11-15H2,1H3,(H,23,26)/t16-/m1/s1. The lowest BCUT2D eigenvalue weighted by Gasteiger charge is -2.36. The fraction of sp³-hybridized carbons (Fsp3) is 0.333. The third-order valence-corrected chi connectivity index (χ3v) is 4.77. The van der Waals surface area contributed by atoms with E-state index in [0.717, 1.165) is 19.6 Å². The molecule has 1 aliphatic heterocycles. The van der Waals surface area contributed by atoms with Crippen LogP contribution in [-0.2, 0) is 11.3 Å². The van der Waals surface area contributed by atoms with Crippen LogP contribution in [0, 0.1) is 5.82 Å². The summed E-state index contributed by atoms with van der Waals surface area (Å²) in [6.07, 6.45) is 0. The first-order chi connectivity index (χ1) is 13.0. The Hall–Kier alpha value is -2.73. The monoisotopic (exact) mass is 369 g/mol. The van der Waals surface area contributed by atoms with Crippen LogP contribution in [-0.4, -0.2) is 53.8 Å². The molecule has 1 saturated heterocycles. The molecule has 0 spiro atoms. The van der Waals surface area contributed by atoms with Crippen LogP contribution in [0.15, 0.2) is 54.6 Å². The zero-order chi connectivity index (χ0) is 19.2. The van der Waals surface area contributed by atoms with E-state index in [1.54, 1.807) is 17.9 Å². The number of nitrogens with one attached hydrogen (secondary N) is 1. The van der Waals surface area contributed by atoms with E-state index in [1.165, 1.54) is 23.8 Å². The minimum atomic E-state index is -0.697. The van der Waals surface area contributed by atoms with Gasteiger partial charge in [-0.1, -0.05) is 42.5 Å². The van der Waals surface area contributed by atoms with Crippen molar-refractivity contribution in [1.82, 2.24) is 15.1 Å². The number of carbonyl (C=O) groups is 2. The number of halogens is 1. The van der Waals surface area contributed by atoms with Crippen molar-refractivity contribution in [2.75, 3.05) is 26.2 Å². The van der Waals surface area contributed by atoms with Crippen LogP contribution in [0.3, 0.4) is 0 Å². The van der Waals surface area contributed by atoms with Crippen LogP contribution in [0.1, 0.15) is 22.8 Å². The molecule has 5 nitrogen and oxygen atoms in total. The van der Waals surface area contributed by atoms with Crippen LogP contribution in [0.2, 0.25) is 0 Å². The highest BCUT2D eigenvalue weighted by atomic mass is 19.1. The predicted molar refractivity (Wildman–Crippen MR) is 102 cm³/mol. The summed E-state index contributed by atoms with van der Waals surface area (Å²) in [4.78, 5) is 28.9. The summed E-state index contributed by atoms with van der Waals surface area (Å²) in [6.45, 7) is 5.31. The third kappa shape index (κ3) is 4.92. The molecule has 2 aromatic rings. The molecular weight excluding hydrogens is 345 g/mol. The number of hydrogen-bond acceptors (Lipinski definition) is 3. The van der Waals surface area contributed by atoms with Crippen molar-refractivity contribution < 1.29 is 14.0 Å². The largest absolute Gasteiger partial charge is 0.340 e. The van der Waals surface area contributed by atoms with Gasteiger partial charge in [0.2, 0.25) is 5.91 Å². The molecule has 0 aliphatic carbocycles. The first-order valence-corrected chi connectivity index (χ1v) is 9.15. The summed E-state index contributed by atoms with van der Waals surface area (Å²) < 4.78 is 13.7. The minimum Gasteiger partial charge on any atom is -0.340 e. The molecule has 3 rings (SSSR count). The average molecular weight is 369 g/mol. The summed E-state index contributed by atoms with van der Waals surface area (Å²) in [5.41, 5.74) is 1.20. The van der Waals surface area contributed by atoms with Crippen molar-refractivity contribution >= 4 is 11.8 Å². The summed E-state index contributed by atoms with van der Waals surface area (Å²) in [5, 5.41) is 2.60. The van der Waals surface area contributed by atoms with Crippen LogP contribution in [0.25, 0.3) is 0 Å². The maximum atomic E-state index is 13.7. The van der Waals surface area contributed by atoms with Gasteiger partial charge >= 0.3 is 0 Å². The highest BCUT2D eigenvalue weighted by Crippen LogP contribution is 2.10. The maximum absolute atomic E-state index is 13.7. The van der Waals surface area contributed by atoms with E-state index in [-0.39, 0.29) is 11.5 Å². The average Bonchev–Trinajstić information content (AvgIpc) is 2.69. The predicted octanol–water partition coefficient (Wildman–Crippen LogP) is 2.29. The topological polar surface area (TPSA) is 52.7 Å². The number of carbonyl (C=O) groups excluding carboxylic acids is 2. The van der Waals surface area contributed by atoms with Crippen molar-refractivity contribution in [2.24, 2.45) is 0 Å². The van der Waals surface area contributed by atoms with Gasteiger partial charge in [0.05, 0.1) is 5.56 Å². The second kappa shape index (κ2) is 8.77. The molecule has 2 amide bonds. The minimum absolute atomic E-state index is 0.0511. The molecule has 1 fully saturated rings. The SMILES string of the molecule is C[C@@H](NC(=O)c1ccccc1F)C(=O)N1CCN(Cc2ccccc2)CC1. The van der Waals surface area contributed by atoms with Gasteiger partial charge in [0.15, 0.2) is 0 Å². The van der Waals surface area contributed by atoms with Crippen LogP contribution >= 0.6 is 0 Å². The van der Waals surface area contributed by atoms with Crippen molar-refractivity contribution in [3.63, 3.8) is 0 Å². The van der Waals surface area contributed by atoms with Crippen LogP contribution in [0.4, 0.5) is 4.39 Å². The van der Waals surface area contributed by atoms with Gasteiger partial charge in [0.1, 0.15) is 11.9 Å². The van der Waals surface area contributed by atoms with E-state index in [4.69, 9.17) is 0 Å². The number of rotatable bonds is 5. The zero-order valence-electron chi connectivity index (χ0n) is 15.4. The molecule has 1 aliphatic rings. The number of benzene rings is 2. The van der Waals surface area contributed by atoms with E-state index in [9.17, 15) is 14.0 Å². The Morgan fingerprint density at radius 3 is 2.30 bits per heavy atom. The van der Waals surface area contributed by atoms with Gasteiger partial charge in [0, 0.05) is 32.7 Å². The lowest BCUT2D eigenvalue weighted by atomic mass is 10.1. The first kappa shape index (κ1) is 19.0. The molecule has 0 bridgehead atoms. The van der Waals surface area contributed by atoms with Gasteiger partial charge in [0.25, 0.3) is 5.91 Å². The van der Waals surface area contributed by atoms with E-state index in [0.29, 0.717) is 13.1 Å². The fourth-order valence-corrected chi connectivity index (χ4v) is 3.22. The van der Waals surface area contributed by atoms with Crippen molar-refractivity contribution in [3.8, 4) is 0 Å². The Morgan fingerprint density at radius 2 is 1.63 bits per heavy atom. The number of nitrogens with zero attached hydrogens (tertiary/aromatic N) is 2. The second-order valence-electron chi connectivity index (χ2n) is 6.76. The van der Waals surface area contributed by atoms with Gasteiger partial charge < -0.3 is 10.2 Å². The molecule has 2 aromatic carbocycles. The quantitative estimate of drug-likeness (QED) is 0.880. The third-order valence-electron chi connectivity index (χ3n) is 4.77. The molecule has 0 unspecified atom stereocenters.